The molecule has 0 radical (unpaired) electrons. The number of hydrogen-bond donors (Lipinski definition) is 0. The van der Waals surface area contributed by atoms with Crippen molar-refractivity contribution in [1.82, 2.24) is 23.6 Å². The molecule has 0 aromatic carbocycles. The summed E-state index contributed by atoms with van der Waals surface area (Å²) >= 11 is 0. The van der Waals surface area contributed by atoms with Gasteiger partial charge in [-0.2, -0.15) is 9.40 Å². The van der Waals surface area contributed by atoms with E-state index in [2.05, 4.69) is 28.5 Å². The predicted octanol–water partition coefficient (Wildman–Crippen LogP) is 2.46. The Morgan fingerprint density at radius 2 is 1.92 bits per heavy atom. The van der Waals surface area contributed by atoms with Gasteiger partial charge in [0.2, 0.25) is 10.0 Å². The number of sulfonamides is 1. The van der Waals surface area contributed by atoms with Crippen LogP contribution >= 0.6 is 0 Å². The first-order chi connectivity index (χ1) is 12.5. The van der Waals surface area contributed by atoms with Crippen LogP contribution in [0.4, 0.5) is 0 Å². The molecule has 0 amide bonds. The summed E-state index contributed by atoms with van der Waals surface area (Å²) in [5.74, 6) is 1.62. The minimum absolute atomic E-state index is 0.298. The highest BCUT2D eigenvalue weighted by Crippen LogP contribution is 2.26. The molecule has 0 atom stereocenters. The Morgan fingerprint density at radius 3 is 2.54 bits per heavy atom. The Bertz CT molecular complexity index is 832. The number of hydrogen-bond acceptors (Lipinski definition) is 4. The van der Waals surface area contributed by atoms with Crippen LogP contribution in [0, 0.1) is 12.8 Å². The van der Waals surface area contributed by atoms with Gasteiger partial charge in [-0.25, -0.2) is 13.4 Å². The standard InChI is InChI=1S/C18H29N5O2S/c1-4-8-23-15(3)12-19-18(23)11-16-6-9-22(10-7-16)26(24,25)17-13-20-21(5-2)14-17/h12-14,16H,4-11H2,1-3H3. The summed E-state index contributed by atoms with van der Waals surface area (Å²) in [7, 11) is -3.43. The van der Waals surface area contributed by atoms with E-state index in [9.17, 15) is 8.42 Å². The van der Waals surface area contributed by atoms with Crippen molar-refractivity contribution in [2.24, 2.45) is 5.92 Å². The second-order valence-corrected chi connectivity index (χ2v) is 8.99. The molecule has 8 heteroatoms. The summed E-state index contributed by atoms with van der Waals surface area (Å²) in [5, 5.41) is 4.10. The Balaban J connectivity index is 1.62. The first-order valence-electron chi connectivity index (χ1n) is 9.49. The second-order valence-electron chi connectivity index (χ2n) is 7.05. The third-order valence-corrected chi connectivity index (χ3v) is 7.05. The van der Waals surface area contributed by atoms with Crippen molar-refractivity contribution in [3.8, 4) is 0 Å². The third-order valence-electron chi connectivity index (χ3n) is 5.20. The Morgan fingerprint density at radius 1 is 1.19 bits per heavy atom. The summed E-state index contributed by atoms with van der Waals surface area (Å²) in [6.45, 7) is 9.01. The number of aryl methyl sites for hydroxylation is 2. The highest BCUT2D eigenvalue weighted by molar-refractivity contribution is 7.89. The Kier molecular flexibility index (Phi) is 5.82. The van der Waals surface area contributed by atoms with Gasteiger partial charge in [0.1, 0.15) is 10.7 Å². The molecule has 1 saturated heterocycles. The lowest BCUT2D eigenvalue weighted by Crippen LogP contribution is -2.39. The molecule has 1 aliphatic heterocycles. The van der Waals surface area contributed by atoms with Crippen molar-refractivity contribution in [2.45, 2.75) is 64.4 Å². The Hall–Kier alpha value is -1.67. The quantitative estimate of drug-likeness (QED) is 0.741. The molecule has 0 saturated carbocycles. The molecule has 26 heavy (non-hydrogen) atoms. The number of nitrogens with zero attached hydrogens (tertiary/aromatic N) is 5. The van der Waals surface area contributed by atoms with Crippen LogP contribution in [0.1, 0.15) is 44.6 Å². The molecule has 0 bridgehead atoms. The largest absolute Gasteiger partial charge is 0.332 e. The number of rotatable bonds is 7. The summed E-state index contributed by atoms with van der Waals surface area (Å²) in [6.07, 6.45) is 8.77. The first-order valence-corrected chi connectivity index (χ1v) is 10.9. The molecule has 1 fully saturated rings. The maximum atomic E-state index is 12.8. The van der Waals surface area contributed by atoms with Crippen molar-refractivity contribution in [3.05, 3.63) is 30.1 Å². The van der Waals surface area contributed by atoms with E-state index in [0.717, 1.165) is 38.1 Å². The van der Waals surface area contributed by atoms with Crippen LogP contribution < -0.4 is 0 Å². The topological polar surface area (TPSA) is 73.0 Å². The van der Waals surface area contributed by atoms with Crippen LogP contribution in [0.2, 0.25) is 0 Å². The van der Waals surface area contributed by atoms with Gasteiger partial charge in [-0.15, -0.1) is 0 Å². The number of aromatic nitrogens is 4. The van der Waals surface area contributed by atoms with Gasteiger partial charge in [-0.05, 0) is 39.0 Å². The SMILES string of the molecule is CCCn1c(C)cnc1CC1CCN(S(=O)(=O)c2cnn(CC)c2)CC1. The van der Waals surface area contributed by atoms with Gasteiger partial charge in [0.25, 0.3) is 0 Å². The summed E-state index contributed by atoms with van der Waals surface area (Å²) in [6, 6.07) is 0. The zero-order valence-corrected chi connectivity index (χ0v) is 16.7. The first kappa shape index (κ1) is 19.1. The van der Waals surface area contributed by atoms with Crippen LogP contribution in [0.3, 0.4) is 0 Å². The fraction of sp³-hybridized carbons (Fsp3) is 0.667. The number of imidazole rings is 1. The molecule has 0 spiro atoms. The van der Waals surface area contributed by atoms with Crippen LogP contribution in [0.25, 0.3) is 0 Å². The van der Waals surface area contributed by atoms with E-state index in [1.54, 1.807) is 15.2 Å². The maximum absolute atomic E-state index is 12.8. The van der Waals surface area contributed by atoms with E-state index >= 15 is 0 Å². The summed E-state index contributed by atoms with van der Waals surface area (Å²) in [4.78, 5) is 4.87. The maximum Gasteiger partial charge on any atom is 0.246 e. The molecule has 1 aliphatic rings. The van der Waals surface area contributed by atoms with Crippen molar-refractivity contribution in [3.63, 3.8) is 0 Å². The fourth-order valence-electron chi connectivity index (χ4n) is 3.61. The fourth-order valence-corrected chi connectivity index (χ4v) is 5.04. The minimum atomic E-state index is -3.43. The van der Waals surface area contributed by atoms with Gasteiger partial charge in [0.15, 0.2) is 0 Å². The summed E-state index contributed by atoms with van der Waals surface area (Å²) in [5.41, 5.74) is 1.20. The van der Waals surface area contributed by atoms with Gasteiger partial charge in [0, 0.05) is 50.7 Å². The van der Waals surface area contributed by atoms with Gasteiger partial charge in [0.05, 0.1) is 6.20 Å². The van der Waals surface area contributed by atoms with Gasteiger partial charge in [-0.3, -0.25) is 4.68 Å². The molecule has 2 aromatic heterocycles. The highest BCUT2D eigenvalue weighted by Gasteiger charge is 2.30. The van der Waals surface area contributed by atoms with Gasteiger partial charge in [-0.1, -0.05) is 6.92 Å². The molecule has 3 rings (SSSR count). The third kappa shape index (κ3) is 3.86. The van der Waals surface area contributed by atoms with Crippen LogP contribution in [-0.4, -0.2) is 45.1 Å². The molecule has 0 unspecified atom stereocenters. The van der Waals surface area contributed by atoms with E-state index in [1.807, 2.05) is 13.1 Å². The van der Waals surface area contributed by atoms with Crippen LogP contribution in [0.5, 0.6) is 0 Å². The van der Waals surface area contributed by atoms with Gasteiger partial charge >= 0.3 is 0 Å². The van der Waals surface area contributed by atoms with E-state index in [1.165, 1.54) is 11.9 Å². The van der Waals surface area contributed by atoms with E-state index in [-0.39, 0.29) is 0 Å². The predicted molar refractivity (Wildman–Crippen MR) is 100 cm³/mol. The van der Waals surface area contributed by atoms with Crippen molar-refractivity contribution >= 4 is 10.0 Å². The lowest BCUT2D eigenvalue weighted by atomic mass is 9.94. The number of piperidine rings is 1. The lowest BCUT2D eigenvalue weighted by molar-refractivity contribution is 0.268. The molecule has 0 aliphatic carbocycles. The summed E-state index contributed by atoms with van der Waals surface area (Å²) < 4.78 is 31.1. The average Bonchev–Trinajstić information content (AvgIpc) is 3.25. The minimum Gasteiger partial charge on any atom is -0.332 e. The molecule has 144 valence electrons. The molecule has 3 heterocycles. The van der Waals surface area contributed by atoms with Crippen molar-refractivity contribution < 1.29 is 8.42 Å². The van der Waals surface area contributed by atoms with E-state index < -0.39 is 10.0 Å². The van der Waals surface area contributed by atoms with Crippen molar-refractivity contribution in [2.75, 3.05) is 13.1 Å². The van der Waals surface area contributed by atoms with Gasteiger partial charge < -0.3 is 4.57 Å². The van der Waals surface area contributed by atoms with E-state index in [4.69, 9.17) is 0 Å². The zero-order valence-electron chi connectivity index (χ0n) is 15.9. The molecular formula is C18H29N5O2S. The van der Waals surface area contributed by atoms with Crippen molar-refractivity contribution in [1.29, 1.82) is 0 Å². The molecule has 0 N–H and O–H groups in total. The Labute approximate surface area is 156 Å². The monoisotopic (exact) mass is 379 g/mol. The lowest BCUT2D eigenvalue weighted by Gasteiger charge is -2.30. The second kappa shape index (κ2) is 7.92. The smallest absolute Gasteiger partial charge is 0.246 e. The normalized spacial score (nSPS) is 17.0. The molecular weight excluding hydrogens is 350 g/mol. The molecule has 7 nitrogen and oxygen atoms in total. The highest BCUT2D eigenvalue weighted by atomic mass is 32.2. The average molecular weight is 380 g/mol. The molecule has 2 aromatic rings. The zero-order chi connectivity index (χ0) is 18.7. The van der Waals surface area contributed by atoms with Crippen LogP contribution in [0.15, 0.2) is 23.5 Å². The van der Waals surface area contributed by atoms with E-state index in [0.29, 0.717) is 30.4 Å². The van der Waals surface area contributed by atoms with Crippen LogP contribution in [-0.2, 0) is 29.5 Å².